The molecule has 3 rings (SSSR count). The number of benzene rings is 1. The molecule has 110 valence electrons. The number of aromatic nitrogens is 2. The highest BCUT2D eigenvalue weighted by atomic mass is 16.4. The van der Waals surface area contributed by atoms with E-state index < -0.39 is 5.97 Å². The largest absolute Gasteiger partial charge is 0.478 e. The standard InChI is InChI=1S/C16H19N3O2/c1-10-15-13(17)3-2-4-14(15)19(18-10)9-11-5-7-12(8-6-11)16(20)21/h5-8,13H,2-4,9,17H2,1H3,(H,20,21). The van der Waals surface area contributed by atoms with Crippen LogP contribution in [0.5, 0.6) is 0 Å². The van der Waals surface area contributed by atoms with Gasteiger partial charge >= 0.3 is 5.97 Å². The minimum atomic E-state index is -0.903. The summed E-state index contributed by atoms with van der Waals surface area (Å²) in [5.41, 5.74) is 11.0. The predicted octanol–water partition coefficient (Wildman–Crippen LogP) is 2.27. The maximum absolute atomic E-state index is 10.9. The van der Waals surface area contributed by atoms with Crippen LogP contribution in [0.2, 0.25) is 0 Å². The first-order chi connectivity index (χ1) is 10.1. The second-order valence-electron chi connectivity index (χ2n) is 5.60. The molecule has 3 N–H and O–H groups in total. The van der Waals surface area contributed by atoms with Crippen LogP contribution in [0.3, 0.4) is 0 Å². The van der Waals surface area contributed by atoms with E-state index in [1.54, 1.807) is 12.1 Å². The summed E-state index contributed by atoms with van der Waals surface area (Å²) in [5.74, 6) is -0.903. The fourth-order valence-electron chi connectivity index (χ4n) is 3.08. The Hall–Kier alpha value is -2.14. The molecule has 0 fully saturated rings. The average molecular weight is 285 g/mol. The number of fused-ring (bicyclic) bond motifs is 1. The molecular weight excluding hydrogens is 266 g/mol. The lowest BCUT2D eigenvalue weighted by atomic mass is 9.92. The van der Waals surface area contributed by atoms with Gasteiger partial charge in [0.05, 0.1) is 17.8 Å². The molecule has 0 saturated carbocycles. The zero-order valence-electron chi connectivity index (χ0n) is 12.0. The van der Waals surface area contributed by atoms with Crippen molar-refractivity contribution >= 4 is 5.97 Å². The molecule has 0 aliphatic heterocycles. The number of carboxylic acid groups (broad SMARTS) is 1. The molecule has 0 saturated heterocycles. The Balaban J connectivity index is 1.88. The van der Waals surface area contributed by atoms with Gasteiger partial charge in [0.15, 0.2) is 0 Å². The number of aryl methyl sites for hydroxylation is 1. The highest BCUT2D eigenvalue weighted by Crippen LogP contribution is 2.30. The monoisotopic (exact) mass is 285 g/mol. The van der Waals surface area contributed by atoms with Crippen molar-refractivity contribution < 1.29 is 9.90 Å². The highest BCUT2D eigenvalue weighted by molar-refractivity contribution is 5.87. The van der Waals surface area contributed by atoms with Crippen LogP contribution in [0.1, 0.15) is 51.8 Å². The molecule has 1 aromatic heterocycles. The maximum atomic E-state index is 10.9. The van der Waals surface area contributed by atoms with Crippen LogP contribution in [-0.4, -0.2) is 20.9 Å². The van der Waals surface area contributed by atoms with Crippen molar-refractivity contribution in [3.63, 3.8) is 0 Å². The second kappa shape index (κ2) is 5.33. The van der Waals surface area contributed by atoms with E-state index in [2.05, 4.69) is 5.10 Å². The molecule has 1 unspecified atom stereocenters. The van der Waals surface area contributed by atoms with Crippen molar-refractivity contribution in [2.24, 2.45) is 5.73 Å². The SMILES string of the molecule is Cc1nn(Cc2ccc(C(=O)O)cc2)c2c1C(N)CCC2. The van der Waals surface area contributed by atoms with Crippen molar-refractivity contribution in [3.8, 4) is 0 Å². The topological polar surface area (TPSA) is 81.1 Å². The molecular formula is C16H19N3O2. The van der Waals surface area contributed by atoms with Crippen LogP contribution >= 0.6 is 0 Å². The summed E-state index contributed by atoms with van der Waals surface area (Å²) >= 11 is 0. The predicted molar refractivity (Wildman–Crippen MR) is 79.3 cm³/mol. The van der Waals surface area contributed by atoms with Crippen LogP contribution in [0, 0.1) is 6.92 Å². The van der Waals surface area contributed by atoms with E-state index in [1.165, 1.54) is 11.3 Å². The molecule has 1 aromatic carbocycles. The summed E-state index contributed by atoms with van der Waals surface area (Å²) in [6.45, 7) is 2.66. The Morgan fingerprint density at radius 3 is 2.81 bits per heavy atom. The fourth-order valence-corrected chi connectivity index (χ4v) is 3.08. The molecule has 0 spiro atoms. The van der Waals surface area contributed by atoms with Gasteiger partial charge < -0.3 is 10.8 Å². The number of rotatable bonds is 3. The summed E-state index contributed by atoms with van der Waals surface area (Å²) in [7, 11) is 0. The lowest BCUT2D eigenvalue weighted by molar-refractivity contribution is 0.0697. The molecule has 1 atom stereocenters. The zero-order chi connectivity index (χ0) is 15.0. The van der Waals surface area contributed by atoms with Gasteiger partial charge in [-0.1, -0.05) is 12.1 Å². The van der Waals surface area contributed by atoms with E-state index in [-0.39, 0.29) is 6.04 Å². The molecule has 21 heavy (non-hydrogen) atoms. The number of nitrogens with two attached hydrogens (primary N) is 1. The Labute approximate surface area is 123 Å². The lowest BCUT2D eigenvalue weighted by Crippen LogP contribution is -2.19. The van der Waals surface area contributed by atoms with Gasteiger partial charge in [0.25, 0.3) is 0 Å². The molecule has 5 heteroatoms. The number of carbonyl (C=O) groups is 1. The van der Waals surface area contributed by atoms with Crippen LogP contribution in [0.4, 0.5) is 0 Å². The van der Waals surface area contributed by atoms with Crippen LogP contribution in [0.25, 0.3) is 0 Å². The van der Waals surface area contributed by atoms with E-state index in [1.807, 2.05) is 23.7 Å². The number of hydrogen-bond donors (Lipinski definition) is 2. The number of aromatic carboxylic acids is 1. The second-order valence-corrected chi connectivity index (χ2v) is 5.60. The molecule has 1 aliphatic rings. The highest BCUT2D eigenvalue weighted by Gasteiger charge is 2.24. The Morgan fingerprint density at radius 2 is 2.14 bits per heavy atom. The molecule has 0 bridgehead atoms. The Kier molecular flexibility index (Phi) is 3.51. The number of hydrogen-bond acceptors (Lipinski definition) is 3. The minimum Gasteiger partial charge on any atom is -0.478 e. The van der Waals surface area contributed by atoms with Gasteiger partial charge in [-0.15, -0.1) is 0 Å². The molecule has 0 amide bonds. The first-order valence-corrected chi connectivity index (χ1v) is 7.20. The quantitative estimate of drug-likeness (QED) is 0.906. The van der Waals surface area contributed by atoms with Gasteiger partial charge in [-0.05, 0) is 43.9 Å². The van der Waals surface area contributed by atoms with Gasteiger partial charge in [-0.25, -0.2) is 4.79 Å². The third-order valence-corrected chi connectivity index (χ3v) is 4.12. The van der Waals surface area contributed by atoms with Gasteiger partial charge in [0, 0.05) is 17.3 Å². The van der Waals surface area contributed by atoms with E-state index in [4.69, 9.17) is 10.8 Å². The van der Waals surface area contributed by atoms with Gasteiger partial charge in [0.2, 0.25) is 0 Å². The Morgan fingerprint density at radius 1 is 1.43 bits per heavy atom. The van der Waals surface area contributed by atoms with Crippen molar-refractivity contribution in [3.05, 3.63) is 52.3 Å². The van der Waals surface area contributed by atoms with Gasteiger partial charge in [-0.2, -0.15) is 5.10 Å². The van der Waals surface area contributed by atoms with Crippen molar-refractivity contribution in [2.75, 3.05) is 0 Å². The Bertz CT molecular complexity index is 674. The van der Waals surface area contributed by atoms with Gasteiger partial charge in [0.1, 0.15) is 0 Å². The van der Waals surface area contributed by atoms with Crippen LogP contribution < -0.4 is 5.73 Å². The van der Waals surface area contributed by atoms with Crippen LogP contribution in [0.15, 0.2) is 24.3 Å². The third-order valence-electron chi connectivity index (χ3n) is 4.12. The first kappa shape index (κ1) is 13.8. The van der Waals surface area contributed by atoms with Crippen molar-refractivity contribution in [1.82, 2.24) is 9.78 Å². The first-order valence-electron chi connectivity index (χ1n) is 7.20. The zero-order valence-corrected chi connectivity index (χ0v) is 12.0. The fraction of sp³-hybridized carbons (Fsp3) is 0.375. The molecule has 0 radical (unpaired) electrons. The van der Waals surface area contributed by atoms with E-state index >= 15 is 0 Å². The lowest BCUT2D eigenvalue weighted by Gasteiger charge is -2.20. The van der Waals surface area contributed by atoms with Crippen molar-refractivity contribution in [1.29, 1.82) is 0 Å². The summed E-state index contributed by atoms with van der Waals surface area (Å²) < 4.78 is 2.01. The number of carboxylic acids is 1. The van der Waals surface area contributed by atoms with E-state index in [9.17, 15) is 4.79 Å². The average Bonchev–Trinajstić information content (AvgIpc) is 2.77. The summed E-state index contributed by atoms with van der Waals surface area (Å²) in [4.78, 5) is 10.9. The van der Waals surface area contributed by atoms with Crippen molar-refractivity contribution in [2.45, 2.75) is 38.8 Å². The maximum Gasteiger partial charge on any atom is 0.335 e. The van der Waals surface area contributed by atoms with E-state index in [0.717, 1.165) is 30.5 Å². The number of nitrogens with zero attached hydrogens (tertiary/aromatic N) is 2. The molecule has 5 nitrogen and oxygen atoms in total. The van der Waals surface area contributed by atoms with Gasteiger partial charge in [-0.3, -0.25) is 4.68 Å². The van der Waals surface area contributed by atoms with Crippen LogP contribution in [-0.2, 0) is 13.0 Å². The van der Waals surface area contributed by atoms with E-state index in [0.29, 0.717) is 12.1 Å². The molecule has 1 aliphatic carbocycles. The third kappa shape index (κ3) is 2.56. The minimum absolute atomic E-state index is 0.0943. The normalized spacial score (nSPS) is 17.5. The summed E-state index contributed by atoms with van der Waals surface area (Å²) in [6, 6.07) is 7.04. The molecule has 1 heterocycles. The summed E-state index contributed by atoms with van der Waals surface area (Å²) in [5, 5.41) is 13.5. The molecule has 2 aromatic rings. The smallest absolute Gasteiger partial charge is 0.335 e. The summed E-state index contributed by atoms with van der Waals surface area (Å²) in [6.07, 6.45) is 3.13.